The number of carbonyl (C=O) groups excluding carboxylic acids is 1. The van der Waals surface area contributed by atoms with Gasteiger partial charge >= 0.3 is 0 Å². The van der Waals surface area contributed by atoms with Crippen LogP contribution in [0.15, 0.2) is 53.4 Å². The molecule has 1 N–H and O–H groups in total. The zero-order valence-corrected chi connectivity index (χ0v) is 14.6. The van der Waals surface area contributed by atoms with E-state index in [0.717, 1.165) is 5.56 Å². The third-order valence-corrected chi connectivity index (χ3v) is 6.28. The lowest BCUT2D eigenvalue weighted by atomic mass is 10.1. The Balaban J connectivity index is 2.14. The predicted molar refractivity (Wildman–Crippen MR) is 93.7 cm³/mol. The Morgan fingerprint density at radius 1 is 1.21 bits per heavy atom. The van der Waals surface area contributed by atoms with Crippen LogP contribution in [0.25, 0.3) is 0 Å². The number of rotatable bonds is 4. The van der Waals surface area contributed by atoms with Gasteiger partial charge in [0.15, 0.2) is 0 Å². The normalized spacial score (nSPS) is 16.8. The summed E-state index contributed by atoms with van der Waals surface area (Å²) in [6.07, 6.45) is 0.339. The van der Waals surface area contributed by atoms with Gasteiger partial charge in [0.2, 0.25) is 5.91 Å². The molecule has 5 nitrogen and oxygen atoms in total. The van der Waals surface area contributed by atoms with Crippen molar-refractivity contribution in [2.75, 3.05) is 10.8 Å². The fourth-order valence-corrected chi connectivity index (χ4v) is 5.05. The molecule has 2 aromatic rings. The van der Waals surface area contributed by atoms with E-state index in [2.05, 4.69) is 5.32 Å². The molecule has 0 saturated heterocycles. The Morgan fingerprint density at radius 2 is 1.88 bits per heavy atom. The van der Waals surface area contributed by atoms with Crippen LogP contribution in [0.5, 0.6) is 0 Å². The van der Waals surface area contributed by atoms with Gasteiger partial charge in [0, 0.05) is 13.0 Å². The van der Waals surface area contributed by atoms with E-state index in [4.69, 9.17) is 11.6 Å². The van der Waals surface area contributed by atoms with Crippen molar-refractivity contribution in [1.82, 2.24) is 5.32 Å². The Labute approximate surface area is 146 Å². The van der Waals surface area contributed by atoms with Crippen LogP contribution in [0.1, 0.15) is 12.5 Å². The van der Waals surface area contributed by atoms with Crippen LogP contribution in [-0.2, 0) is 21.2 Å². The molecule has 0 aromatic heterocycles. The molecule has 2 aromatic carbocycles. The molecule has 0 saturated carbocycles. The van der Waals surface area contributed by atoms with Crippen LogP contribution in [0.2, 0.25) is 5.02 Å². The molecule has 7 heteroatoms. The number of nitrogens with zero attached hydrogens (tertiary/aromatic N) is 1. The van der Waals surface area contributed by atoms with Gasteiger partial charge in [-0.2, -0.15) is 0 Å². The third-order valence-electron chi connectivity index (χ3n) is 3.95. The van der Waals surface area contributed by atoms with Gasteiger partial charge in [0.05, 0.1) is 10.7 Å². The van der Waals surface area contributed by atoms with Crippen molar-refractivity contribution in [2.24, 2.45) is 0 Å². The minimum Gasteiger partial charge on any atom is -0.355 e. The first-order chi connectivity index (χ1) is 11.5. The maximum atomic E-state index is 13.2. The fraction of sp³-hybridized carbons (Fsp3) is 0.235. The molecule has 0 bridgehead atoms. The van der Waals surface area contributed by atoms with Crippen molar-refractivity contribution in [3.63, 3.8) is 0 Å². The summed E-state index contributed by atoms with van der Waals surface area (Å²) in [7, 11) is -3.95. The van der Waals surface area contributed by atoms with Crippen molar-refractivity contribution >= 4 is 33.2 Å². The second kappa shape index (κ2) is 6.45. The van der Waals surface area contributed by atoms with E-state index >= 15 is 0 Å². The molecular formula is C17H17ClN2O3S. The van der Waals surface area contributed by atoms with Gasteiger partial charge in [-0.25, -0.2) is 8.42 Å². The number of fused-ring (bicyclic) bond motifs is 1. The molecule has 3 rings (SSSR count). The lowest BCUT2D eigenvalue weighted by molar-refractivity contribution is -0.121. The highest BCUT2D eigenvalue weighted by atomic mass is 35.5. The fourth-order valence-electron chi connectivity index (χ4n) is 2.91. The van der Waals surface area contributed by atoms with Crippen LogP contribution < -0.4 is 9.62 Å². The summed E-state index contributed by atoms with van der Waals surface area (Å²) in [4.78, 5) is 12.4. The number of benzene rings is 2. The van der Waals surface area contributed by atoms with Crippen LogP contribution in [0, 0.1) is 0 Å². The van der Waals surface area contributed by atoms with Crippen molar-refractivity contribution in [3.05, 3.63) is 59.1 Å². The second-order valence-corrected chi connectivity index (χ2v) is 7.67. The topological polar surface area (TPSA) is 66.5 Å². The molecule has 1 aliphatic rings. The minimum atomic E-state index is -3.95. The maximum Gasteiger partial charge on any atom is 0.266 e. The highest BCUT2D eigenvalue weighted by Crippen LogP contribution is 2.38. The first-order valence-electron chi connectivity index (χ1n) is 7.61. The smallest absolute Gasteiger partial charge is 0.266 e. The monoisotopic (exact) mass is 364 g/mol. The quantitative estimate of drug-likeness (QED) is 0.906. The number of hydrogen-bond donors (Lipinski definition) is 1. The van der Waals surface area contributed by atoms with E-state index in [0.29, 0.717) is 18.7 Å². The van der Waals surface area contributed by atoms with Gasteiger partial charge < -0.3 is 5.32 Å². The van der Waals surface area contributed by atoms with Crippen molar-refractivity contribution < 1.29 is 13.2 Å². The molecular weight excluding hydrogens is 348 g/mol. The number of amides is 1. The number of hydrogen-bond acceptors (Lipinski definition) is 3. The summed E-state index contributed by atoms with van der Waals surface area (Å²) in [6, 6.07) is 12.6. The zero-order valence-electron chi connectivity index (χ0n) is 13.1. The van der Waals surface area contributed by atoms with Crippen molar-refractivity contribution in [1.29, 1.82) is 0 Å². The van der Waals surface area contributed by atoms with E-state index < -0.39 is 16.1 Å². The summed E-state index contributed by atoms with van der Waals surface area (Å²) >= 11 is 6.10. The van der Waals surface area contributed by atoms with Crippen molar-refractivity contribution in [2.45, 2.75) is 24.3 Å². The molecule has 126 valence electrons. The van der Waals surface area contributed by atoms with Gasteiger partial charge in [0.25, 0.3) is 10.0 Å². The lowest BCUT2D eigenvalue weighted by Crippen LogP contribution is -2.48. The number of para-hydroxylation sites is 1. The SMILES string of the molecule is CCNC(=O)C1Cc2ccccc2N1S(=O)(=O)c1ccccc1Cl. The van der Waals surface area contributed by atoms with E-state index in [1.165, 1.54) is 16.4 Å². The highest BCUT2D eigenvalue weighted by Gasteiger charge is 2.42. The maximum absolute atomic E-state index is 13.2. The first-order valence-corrected chi connectivity index (χ1v) is 9.43. The van der Waals surface area contributed by atoms with E-state index in [1.54, 1.807) is 31.2 Å². The number of likely N-dealkylation sites (N-methyl/N-ethyl adjacent to an activating group) is 1. The molecule has 24 heavy (non-hydrogen) atoms. The molecule has 0 radical (unpaired) electrons. The Morgan fingerprint density at radius 3 is 2.58 bits per heavy atom. The molecule has 1 heterocycles. The zero-order chi connectivity index (χ0) is 17.3. The molecule has 1 aliphatic heterocycles. The Kier molecular flexibility index (Phi) is 4.51. The van der Waals surface area contributed by atoms with Gasteiger partial charge in [0.1, 0.15) is 10.9 Å². The van der Waals surface area contributed by atoms with Crippen LogP contribution in [0.3, 0.4) is 0 Å². The number of nitrogens with one attached hydrogen (secondary N) is 1. The lowest BCUT2D eigenvalue weighted by Gasteiger charge is -2.26. The summed E-state index contributed by atoms with van der Waals surface area (Å²) < 4.78 is 27.6. The highest BCUT2D eigenvalue weighted by molar-refractivity contribution is 7.93. The Bertz CT molecular complexity index is 883. The van der Waals surface area contributed by atoms with E-state index in [-0.39, 0.29) is 15.8 Å². The largest absolute Gasteiger partial charge is 0.355 e. The second-order valence-electron chi connectivity index (χ2n) is 5.47. The minimum absolute atomic E-state index is 0.00216. The standard InChI is InChI=1S/C17H17ClN2O3S/c1-2-19-17(21)15-11-12-7-3-5-9-14(12)20(15)24(22,23)16-10-6-4-8-13(16)18/h3-10,15H,2,11H2,1H3,(H,19,21). The number of halogens is 1. The van der Waals surface area contributed by atoms with Gasteiger partial charge in [-0.1, -0.05) is 41.9 Å². The van der Waals surface area contributed by atoms with Gasteiger partial charge in [-0.05, 0) is 30.7 Å². The van der Waals surface area contributed by atoms with Crippen LogP contribution >= 0.6 is 11.6 Å². The van der Waals surface area contributed by atoms with Crippen LogP contribution in [-0.4, -0.2) is 26.9 Å². The first kappa shape index (κ1) is 16.8. The average Bonchev–Trinajstić information content (AvgIpc) is 2.95. The molecule has 1 amide bonds. The molecule has 0 spiro atoms. The average molecular weight is 365 g/mol. The Hall–Kier alpha value is -2.05. The van der Waals surface area contributed by atoms with Gasteiger partial charge in [-0.15, -0.1) is 0 Å². The van der Waals surface area contributed by atoms with Crippen molar-refractivity contribution in [3.8, 4) is 0 Å². The molecule has 0 fully saturated rings. The van der Waals surface area contributed by atoms with E-state index in [1.807, 2.05) is 12.1 Å². The molecule has 1 atom stereocenters. The number of carbonyl (C=O) groups is 1. The molecule has 0 aliphatic carbocycles. The summed E-state index contributed by atoms with van der Waals surface area (Å²) in [6.45, 7) is 2.23. The van der Waals surface area contributed by atoms with Gasteiger partial charge in [-0.3, -0.25) is 9.10 Å². The number of sulfonamides is 1. The molecule has 1 unspecified atom stereocenters. The summed E-state index contributed by atoms with van der Waals surface area (Å²) in [5.41, 5.74) is 1.35. The third kappa shape index (κ3) is 2.76. The van der Waals surface area contributed by atoms with Crippen LogP contribution in [0.4, 0.5) is 5.69 Å². The summed E-state index contributed by atoms with van der Waals surface area (Å²) in [5.74, 6) is -0.315. The number of anilines is 1. The summed E-state index contributed by atoms with van der Waals surface area (Å²) in [5, 5.41) is 2.85. The van der Waals surface area contributed by atoms with E-state index in [9.17, 15) is 13.2 Å². The predicted octanol–water partition coefficient (Wildman–Crippen LogP) is 2.60.